The van der Waals surface area contributed by atoms with E-state index in [1.807, 2.05) is 44.1 Å². The molecule has 0 unspecified atom stereocenters. The van der Waals surface area contributed by atoms with Crippen molar-refractivity contribution in [3.63, 3.8) is 0 Å². The normalized spacial score (nSPS) is 16.6. The summed E-state index contributed by atoms with van der Waals surface area (Å²) in [6.07, 6.45) is 7.43. The van der Waals surface area contributed by atoms with Gasteiger partial charge in [0.05, 0.1) is 0 Å². The first kappa shape index (κ1) is 14.9. The van der Waals surface area contributed by atoms with Crippen LogP contribution in [0.5, 0.6) is 0 Å². The Bertz CT molecular complexity index is 462. The summed E-state index contributed by atoms with van der Waals surface area (Å²) in [6.45, 7) is 2.04. The molecule has 3 heteroatoms. The minimum Gasteiger partial charge on any atom is -0.388 e. The van der Waals surface area contributed by atoms with E-state index in [1.165, 1.54) is 25.7 Å². The monoisotopic (exact) mass is 274 g/mol. The highest BCUT2D eigenvalue weighted by Crippen LogP contribution is 2.23. The van der Waals surface area contributed by atoms with Crippen LogP contribution in [0.4, 0.5) is 5.69 Å². The second-order valence-electron chi connectivity index (χ2n) is 5.84. The van der Waals surface area contributed by atoms with E-state index in [2.05, 4.69) is 5.32 Å². The number of aryl methyl sites for hydroxylation is 1. The van der Waals surface area contributed by atoms with Crippen LogP contribution in [0.15, 0.2) is 18.2 Å². The largest absolute Gasteiger partial charge is 0.388 e. The molecule has 0 saturated heterocycles. The molecule has 0 heterocycles. The standard InChI is InChI=1S/C17H26N2O/c1-13-12-14(10-11-16(13)18-2)17(20)19(3)15-8-6-4-5-7-9-15/h10-12,15,18H,4-9H2,1-3H3. The average Bonchev–Trinajstić information content (AvgIpc) is 2.74. The molecule has 1 aliphatic rings. The number of hydrogen-bond donors (Lipinski definition) is 1. The van der Waals surface area contributed by atoms with Crippen LogP contribution in [-0.4, -0.2) is 30.9 Å². The van der Waals surface area contributed by atoms with Gasteiger partial charge in [-0.3, -0.25) is 4.79 Å². The highest BCUT2D eigenvalue weighted by molar-refractivity contribution is 5.95. The lowest BCUT2D eigenvalue weighted by atomic mass is 10.0. The van der Waals surface area contributed by atoms with E-state index < -0.39 is 0 Å². The molecule has 0 spiro atoms. The predicted molar refractivity (Wildman–Crippen MR) is 84.3 cm³/mol. The fraction of sp³-hybridized carbons (Fsp3) is 0.588. The third-order valence-electron chi connectivity index (χ3n) is 4.44. The number of nitrogens with zero attached hydrogens (tertiary/aromatic N) is 1. The maximum absolute atomic E-state index is 12.6. The van der Waals surface area contributed by atoms with Gasteiger partial charge in [-0.05, 0) is 43.5 Å². The van der Waals surface area contributed by atoms with Crippen LogP contribution in [0.25, 0.3) is 0 Å². The van der Waals surface area contributed by atoms with Crippen molar-refractivity contribution in [2.24, 2.45) is 0 Å². The van der Waals surface area contributed by atoms with E-state index in [0.29, 0.717) is 6.04 Å². The van der Waals surface area contributed by atoms with Crippen molar-refractivity contribution in [1.82, 2.24) is 4.90 Å². The second-order valence-corrected chi connectivity index (χ2v) is 5.84. The molecule has 1 aliphatic carbocycles. The molecule has 110 valence electrons. The molecule has 0 aliphatic heterocycles. The van der Waals surface area contributed by atoms with Crippen molar-refractivity contribution in [3.05, 3.63) is 29.3 Å². The molecule has 1 N–H and O–H groups in total. The summed E-state index contributed by atoms with van der Waals surface area (Å²) in [6, 6.07) is 6.31. The molecule has 1 fully saturated rings. The summed E-state index contributed by atoms with van der Waals surface area (Å²) in [5.41, 5.74) is 3.00. The second kappa shape index (κ2) is 6.78. The SMILES string of the molecule is CNc1ccc(C(=O)N(C)C2CCCCCC2)cc1C. The zero-order valence-electron chi connectivity index (χ0n) is 12.9. The zero-order chi connectivity index (χ0) is 14.5. The lowest BCUT2D eigenvalue weighted by Crippen LogP contribution is -2.36. The molecule has 0 bridgehead atoms. The summed E-state index contributed by atoms with van der Waals surface area (Å²) >= 11 is 0. The van der Waals surface area contributed by atoms with E-state index in [-0.39, 0.29) is 5.91 Å². The molecule has 1 amide bonds. The highest BCUT2D eigenvalue weighted by atomic mass is 16.2. The van der Waals surface area contributed by atoms with Gasteiger partial charge in [0, 0.05) is 31.4 Å². The summed E-state index contributed by atoms with van der Waals surface area (Å²) in [5.74, 6) is 0.155. The zero-order valence-corrected chi connectivity index (χ0v) is 12.9. The Labute approximate surface area is 122 Å². The Kier molecular flexibility index (Phi) is 5.05. The molecule has 0 radical (unpaired) electrons. The third-order valence-corrected chi connectivity index (χ3v) is 4.44. The highest BCUT2D eigenvalue weighted by Gasteiger charge is 2.22. The molecule has 3 nitrogen and oxygen atoms in total. The van der Waals surface area contributed by atoms with E-state index >= 15 is 0 Å². The number of hydrogen-bond acceptors (Lipinski definition) is 2. The minimum atomic E-state index is 0.155. The Balaban J connectivity index is 2.11. The smallest absolute Gasteiger partial charge is 0.253 e. The molecule has 0 atom stereocenters. The van der Waals surface area contributed by atoms with Gasteiger partial charge < -0.3 is 10.2 Å². The van der Waals surface area contributed by atoms with Gasteiger partial charge in [0.15, 0.2) is 0 Å². The van der Waals surface area contributed by atoms with E-state index in [1.54, 1.807) is 0 Å². The fourth-order valence-electron chi connectivity index (χ4n) is 3.09. The summed E-state index contributed by atoms with van der Waals surface area (Å²) in [4.78, 5) is 14.6. The van der Waals surface area contributed by atoms with Gasteiger partial charge >= 0.3 is 0 Å². The molecule has 2 rings (SSSR count). The molecule has 1 aromatic rings. The number of anilines is 1. The third kappa shape index (κ3) is 3.33. The minimum absolute atomic E-state index is 0.155. The van der Waals surface area contributed by atoms with Crippen molar-refractivity contribution in [1.29, 1.82) is 0 Å². The number of carbonyl (C=O) groups excluding carboxylic acids is 1. The molecular weight excluding hydrogens is 248 g/mol. The lowest BCUT2D eigenvalue weighted by molar-refractivity contribution is 0.0717. The van der Waals surface area contributed by atoms with E-state index in [0.717, 1.165) is 29.7 Å². The lowest BCUT2D eigenvalue weighted by Gasteiger charge is -2.27. The van der Waals surface area contributed by atoms with Crippen molar-refractivity contribution in [3.8, 4) is 0 Å². The van der Waals surface area contributed by atoms with Crippen LogP contribution in [0, 0.1) is 6.92 Å². The fourth-order valence-corrected chi connectivity index (χ4v) is 3.09. The van der Waals surface area contributed by atoms with Gasteiger partial charge in [0.25, 0.3) is 5.91 Å². The van der Waals surface area contributed by atoms with Crippen LogP contribution in [0.2, 0.25) is 0 Å². The Hall–Kier alpha value is -1.51. The number of benzene rings is 1. The number of nitrogens with one attached hydrogen (secondary N) is 1. The predicted octanol–water partition coefficient (Wildman–Crippen LogP) is 3.83. The van der Waals surface area contributed by atoms with Crippen LogP contribution in [0.1, 0.15) is 54.4 Å². The summed E-state index contributed by atoms with van der Waals surface area (Å²) < 4.78 is 0. The van der Waals surface area contributed by atoms with Crippen LogP contribution in [0.3, 0.4) is 0 Å². The first-order valence-corrected chi connectivity index (χ1v) is 7.69. The Morgan fingerprint density at radius 2 is 1.85 bits per heavy atom. The van der Waals surface area contributed by atoms with Crippen LogP contribution in [-0.2, 0) is 0 Å². The van der Waals surface area contributed by atoms with E-state index in [9.17, 15) is 4.79 Å². The van der Waals surface area contributed by atoms with Crippen molar-refractivity contribution < 1.29 is 4.79 Å². The maximum atomic E-state index is 12.6. The Morgan fingerprint density at radius 1 is 1.20 bits per heavy atom. The molecule has 1 aromatic carbocycles. The molecule has 20 heavy (non-hydrogen) atoms. The van der Waals surface area contributed by atoms with Gasteiger partial charge in [-0.25, -0.2) is 0 Å². The van der Waals surface area contributed by atoms with Gasteiger partial charge in [0.1, 0.15) is 0 Å². The first-order chi connectivity index (χ1) is 9.63. The maximum Gasteiger partial charge on any atom is 0.253 e. The van der Waals surface area contributed by atoms with Crippen LogP contribution < -0.4 is 5.32 Å². The van der Waals surface area contributed by atoms with Gasteiger partial charge in [0.2, 0.25) is 0 Å². The number of amides is 1. The number of rotatable bonds is 3. The van der Waals surface area contributed by atoms with Crippen molar-refractivity contribution in [2.45, 2.75) is 51.5 Å². The molecule has 1 saturated carbocycles. The molecule has 0 aromatic heterocycles. The summed E-state index contributed by atoms with van der Waals surface area (Å²) in [5, 5.41) is 3.14. The van der Waals surface area contributed by atoms with E-state index in [4.69, 9.17) is 0 Å². The van der Waals surface area contributed by atoms with Crippen molar-refractivity contribution in [2.75, 3.05) is 19.4 Å². The quantitative estimate of drug-likeness (QED) is 0.850. The van der Waals surface area contributed by atoms with Crippen LogP contribution >= 0.6 is 0 Å². The summed E-state index contributed by atoms with van der Waals surface area (Å²) in [7, 11) is 3.86. The van der Waals surface area contributed by atoms with Crippen molar-refractivity contribution >= 4 is 11.6 Å². The Morgan fingerprint density at radius 3 is 2.40 bits per heavy atom. The van der Waals surface area contributed by atoms with Gasteiger partial charge in [-0.15, -0.1) is 0 Å². The van der Waals surface area contributed by atoms with Gasteiger partial charge in [-0.1, -0.05) is 25.7 Å². The number of carbonyl (C=O) groups is 1. The van der Waals surface area contributed by atoms with Gasteiger partial charge in [-0.2, -0.15) is 0 Å². The topological polar surface area (TPSA) is 32.3 Å². The first-order valence-electron chi connectivity index (χ1n) is 7.69. The average molecular weight is 274 g/mol. The molecular formula is C17H26N2O.